The van der Waals surface area contributed by atoms with Gasteiger partial charge in [0.25, 0.3) is 0 Å². The number of fused-ring (bicyclic) bond motifs is 2. The average molecular weight is 572 g/mol. The molecular formula is C30H41N3O4S2. The van der Waals surface area contributed by atoms with Crippen LogP contribution in [-0.4, -0.2) is 59.4 Å². The van der Waals surface area contributed by atoms with Gasteiger partial charge in [0.2, 0.25) is 0 Å². The highest BCUT2D eigenvalue weighted by molar-refractivity contribution is 8.77. The molecule has 39 heavy (non-hydrogen) atoms. The Morgan fingerprint density at radius 1 is 1.28 bits per heavy atom. The van der Waals surface area contributed by atoms with Crippen molar-refractivity contribution in [1.82, 2.24) is 9.88 Å². The Morgan fingerprint density at radius 2 is 2.05 bits per heavy atom. The Hall–Kier alpha value is -2.49. The first-order chi connectivity index (χ1) is 18.6. The Morgan fingerprint density at radius 3 is 2.72 bits per heavy atom. The van der Waals surface area contributed by atoms with Gasteiger partial charge in [0.05, 0.1) is 23.5 Å². The zero-order valence-electron chi connectivity index (χ0n) is 24.0. The van der Waals surface area contributed by atoms with E-state index in [0.29, 0.717) is 18.7 Å². The highest BCUT2D eigenvalue weighted by Gasteiger charge is 2.27. The van der Waals surface area contributed by atoms with E-state index in [9.17, 15) is 9.59 Å². The molecule has 0 atom stereocenters. The first-order valence-electron chi connectivity index (χ1n) is 13.5. The molecule has 1 aliphatic rings. The molecule has 1 aromatic carbocycles. The minimum absolute atomic E-state index is 0.0281. The summed E-state index contributed by atoms with van der Waals surface area (Å²) >= 11 is 0. The highest BCUT2D eigenvalue weighted by Crippen LogP contribution is 2.38. The minimum Gasteiger partial charge on any atom is -0.494 e. The van der Waals surface area contributed by atoms with Crippen LogP contribution in [0, 0.1) is 0 Å². The van der Waals surface area contributed by atoms with Crippen LogP contribution in [0.15, 0.2) is 35.4 Å². The molecule has 1 aromatic heterocycles. The molecule has 2 aromatic rings. The SMILES string of the molecule is CCC(=O)OC/C(C=O)=C(C)/C=C1/c2nc3ccc(OCCCSSC(C)(C)CN)cc3c(CC)c2CN1C. The van der Waals surface area contributed by atoms with Crippen LogP contribution in [0.5, 0.6) is 5.75 Å². The standard InChI is InChI=1S/C30H41N3O4S2/c1-7-23-24-15-22(36-12-9-13-38-39-30(4,5)19-31)10-11-26(24)32-29-25(23)16-33(6)27(29)14-20(3)21(17-34)18-37-28(35)8-2/h10-11,14-15,17H,7-9,12-13,16,18-19,31H2,1-6H3/b21-20+,27-14-. The Balaban J connectivity index is 1.81. The number of carbonyl (C=O) groups is 2. The normalized spacial score (nSPS) is 14.9. The summed E-state index contributed by atoms with van der Waals surface area (Å²) in [7, 11) is 5.71. The van der Waals surface area contributed by atoms with Crippen molar-refractivity contribution in [2.45, 2.75) is 65.2 Å². The zero-order chi connectivity index (χ0) is 28.6. The summed E-state index contributed by atoms with van der Waals surface area (Å²) < 4.78 is 11.4. The van der Waals surface area contributed by atoms with Crippen molar-refractivity contribution in [2.75, 3.05) is 32.6 Å². The van der Waals surface area contributed by atoms with Crippen molar-refractivity contribution in [3.63, 3.8) is 0 Å². The van der Waals surface area contributed by atoms with Crippen LogP contribution in [-0.2, 0) is 27.3 Å². The summed E-state index contributed by atoms with van der Waals surface area (Å²) in [5.41, 5.74) is 12.3. The number of rotatable bonds is 14. The fourth-order valence-electron chi connectivity index (χ4n) is 4.25. The summed E-state index contributed by atoms with van der Waals surface area (Å²) in [6, 6.07) is 6.12. The minimum atomic E-state index is -0.327. The van der Waals surface area contributed by atoms with Crippen LogP contribution >= 0.6 is 21.6 Å². The first-order valence-corrected chi connectivity index (χ1v) is 15.8. The van der Waals surface area contributed by atoms with Crippen LogP contribution in [0.1, 0.15) is 64.3 Å². The fraction of sp³-hybridized carbons (Fsp3) is 0.500. The van der Waals surface area contributed by atoms with Gasteiger partial charge in [0, 0.05) is 53.6 Å². The number of nitrogens with zero attached hydrogens (tertiary/aromatic N) is 2. The maximum absolute atomic E-state index is 11.7. The Bertz CT molecular complexity index is 1260. The summed E-state index contributed by atoms with van der Waals surface area (Å²) in [4.78, 5) is 30.5. The van der Waals surface area contributed by atoms with Crippen molar-refractivity contribution in [3.8, 4) is 5.75 Å². The number of hydrogen-bond donors (Lipinski definition) is 1. The maximum atomic E-state index is 11.7. The van der Waals surface area contributed by atoms with E-state index in [1.165, 1.54) is 11.1 Å². The van der Waals surface area contributed by atoms with E-state index in [1.807, 2.05) is 53.8 Å². The highest BCUT2D eigenvalue weighted by atomic mass is 33.1. The number of esters is 1. The average Bonchev–Trinajstić information content (AvgIpc) is 3.23. The van der Waals surface area contributed by atoms with Gasteiger partial charge in [0.1, 0.15) is 18.6 Å². The second kappa shape index (κ2) is 14.2. The van der Waals surface area contributed by atoms with Gasteiger partial charge in [-0.25, -0.2) is 4.98 Å². The molecule has 0 fully saturated rings. The van der Waals surface area contributed by atoms with Gasteiger partial charge in [-0.05, 0) is 69.0 Å². The van der Waals surface area contributed by atoms with Gasteiger partial charge in [-0.3, -0.25) is 9.59 Å². The molecule has 2 N–H and O–H groups in total. The predicted octanol–water partition coefficient (Wildman–Crippen LogP) is 5.94. The van der Waals surface area contributed by atoms with Gasteiger partial charge in [-0.1, -0.05) is 35.4 Å². The largest absolute Gasteiger partial charge is 0.494 e. The van der Waals surface area contributed by atoms with E-state index < -0.39 is 0 Å². The number of carbonyl (C=O) groups excluding carboxylic acids is 2. The van der Waals surface area contributed by atoms with Gasteiger partial charge >= 0.3 is 5.97 Å². The lowest BCUT2D eigenvalue weighted by atomic mass is 9.98. The molecule has 0 radical (unpaired) electrons. The third kappa shape index (κ3) is 8.02. The van der Waals surface area contributed by atoms with Crippen LogP contribution in [0.2, 0.25) is 0 Å². The lowest BCUT2D eigenvalue weighted by Crippen LogP contribution is -2.25. The number of aromatic nitrogens is 1. The summed E-state index contributed by atoms with van der Waals surface area (Å²) in [5, 5.41) is 1.12. The number of benzene rings is 1. The number of hydrogen-bond acceptors (Lipinski definition) is 9. The van der Waals surface area contributed by atoms with Crippen molar-refractivity contribution in [2.24, 2.45) is 5.73 Å². The van der Waals surface area contributed by atoms with E-state index >= 15 is 0 Å². The molecule has 9 heteroatoms. The summed E-state index contributed by atoms with van der Waals surface area (Å²) in [6.45, 7) is 12.1. The molecule has 0 saturated heterocycles. The monoisotopic (exact) mass is 571 g/mol. The smallest absolute Gasteiger partial charge is 0.305 e. The van der Waals surface area contributed by atoms with E-state index in [1.54, 1.807) is 6.92 Å². The first kappa shape index (κ1) is 31.0. The van der Waals surface area contributed by atoms with Crippen LogP contribution in [0.3, 0.4) is 0 Å². The molecule has 3 rings (SSSR count). The summed E-state index contributed by atoms with van der Waals surface area (Å²) in [6.07, 6.45) is 4.84. The fourth-order valence-corrected chi connectivity index (χ4v) is 6.72. The molecule has 0 spiro atoms. The zero-order valence-corrected chi connectivity index (χ0v) is 25.6. The molecule has 2 heterocycles. The molecule has 212 valence electrons. The molecule has 0 unspecified atom stereocenters. The second-order valence-electron chi connectivity index (χ2n) is 10.2. The molecule has 7 nitrogen and oxygen atoms in total. The topological polar surface area (TPSA) is 94.8 Å². The Labute approximate surface area is 240 Å². The molecule has 0 bridgehead atoms. The van der Waals surface area contributed by atoms with Gasteiger partial charge < -0.3 is 20.1 Å². The number of pyridine rings is 1. The third-order valence-electron chi connectivity index (χ3n) is 6.67. The number of ether oxygens (including phenoxy) is 2. The van der Waals surface area contributed by atoms with Crippen LogP contribution in [0.4, 0.5) is 0 Å². The van der Waals surface area contributed by atoms with E-state index in [4.69, 9.17) is 20.2 Å². The molecule has 0 amide bonds. The lowest BCUT2D eigenvalue weighted by Gasteiger charge is -2.20. The maximum Gasteiger partial charge on any atom is 0.305 e. The molecular weight excluding hydrogens is 530 g/mol. The van der Waals surface area contributed by atoms with Crippen LogP contribution < -0.4 is 10.5 Å². The van der Waals surface area contributed by atoms with Crippen molar-refractivity contribution < 1.29 is 19.1 Å². The van der Waals surface area contributed by atoms with Crippen molar-refractivity contribution >= 4 is 50.4 Å². The van der Waals surface area contributed by atoms with E-state index in [-0.39, 0.29) is 23.7 Å². The van der Waals surface area contributed by atoms with E-state index in [0.717, 1.165) is 65.0 Å². The summed E-state index contributed by atoms with van der Waals surface area (Å²) in [5.74, 6) is 1.54. The quantitative estimate of drug-likeness (QED) is 0.0972. The van der Waals surface area contributed by atoms with Gasteiger partial charge in [0.15, 0.2) is 0 Å². The van der Waals surface area contributed by atoms with Crippen LogP contribution in [0.25, 0.3) is 16.6 Å². The molecule has 0 saturated carbocycles. The van der Waals surface area contributed by atoms with Gasteiger partial charge in [-0.15, -0.1) is 0 Å². The molecule has 1 aliphatic heterocycles. The number of allylic oxidation sites excluding steroid dienone is 2. The number of aryl methyl sites for hydroxylation is 1. The van der Waals surface area contributed by atoms with E-state index in [2.05, 4.69) is 31.7 Å². The van der Waals surface area contributed by atoms with Crippen molar-refractivity contribution in [3.05, 3.63) is 52.2 Å². The predicted molar refractivity (Wildman–Crippen MR) is 164 cm³/mol. The second-order valence-corrected chi connectivity index (χ2v) is 13.4. The Kier molecular flexibility index (Phi) is 11.3. The van der Waals surface area contributed by atoms with Gasteiger partial charge in [-0.2, -0.15) is 0 Å². The van der Waals surface area contributed by atoms with Crippen molar-refractivity contribution in [1.29, 1.82) is 0 Å². The third-order valence-corrected chi connectivity index (χ3v) is 10.1. The number of nitrogens with two attached hydrogens (primary N) is 1. The number of aldehydes is 1. The lowest BCUT2D eigenvalue weighted by molar-refractivity contribution is -0.142. The molecule has 0 aliphatic carbocycles.